The monoisotopic (exact) mass is 623 g/mol. The summed E-state index contributed by atoms with van der Waals surface area (Å²) in [4.78, 5) is 3.78. The minimum atomic E-state index is -0.0622. The van der Waals surface area contributed by atoms with Crippen LogP contribution in [-0.4, -0.2) is 4.98 Å². The Balaban J connectivity index is 1.18. The van der Waals surface area contributed by atoms with Gasteiger partial charge in [-0.25, -0.2) is 0 Å². The number of fused-ring (bicyclic) bond motifs is 6. The lowest BCUT2D eigenvalue weighted by atomic mass is 9.80. The standard InChI is InChI=1S/C47H45N/c1-7-9-11-12-13-15-33-26-35(17-16-32(33)4)36-20-24-45-41(28-36)42-29-37(21-25-46(42)48-45)38-18-22-39-40-27-34(31(3)14-10-8-2)19-23-43(40)47(5,6)44(39)30-38/h1,8-9,11-13,16-19,21-23,25-27,29-30,36,48H,2-3,10,14-15,20,24,28H2,4-6H3/b11-9-,13-12-. The van der Waals surface area contributed by atoms with Crippen LogP contribution >= 0.6 is 0 Å². The van der Waals surface area contributed by atoms with Crippen LogP contribution in [0.3, 0.4) is 0 Å². The molecule has 1 heterocycles. The molecule has 0 saturated heterocycles. The van der Waals surface area contributed by atoms with Gasteiger partial charge in [0.15, 0.2) is 0 Å². The van der Waals surface area contributed by atoms with Gasteiger partial charge in [0.1, 0.15) is 0 Å². The molecule has 2 aliphatic rings. The molecule has 1 nitrogen and oxygen atoms in total. The number of nitrogens with one attached hydrogen (secondary N) is 1. The molecule has 0 amide bonds. The molecule has 1 atom stereocenters. The predicted octanol–water partition coefficient (Wildman–Crippen LogP) is 12.0. The van der Waals surface area contributed by atoms with Crippen molar-refractivity contribution in [3.8, 4) is 34.6 Å². The number of hydrogen-bond donors (Lipinski definition) is 1. The summed E-state index contributed by atoms with van der Waals surface area (Å²) in [6.45, 7) is 15.2. The van der Waals surface area contributed by atoms with E-state index in [4.69, 9.17) is 6.42 Å². The first-order valence-corrected chi connectivity index (χ1v) is 17.4. The Hall–Kier alpha value is -5.06. The van der Waals surface area contributed by atoms with Crippen LogP contribution in [0.4, 0.5) is 0 Å². The van der Waals surface area contributed by atoms with Crippen molar-refractivity contribution in [2.45, 2.75) is 70.6 Å². The number of rotatable bonds is 9. The SMILES string of the molecule is C#C/C=C\C=C/Cc1cc(C2CCc3[nH]c4ccc(-c5ccc6c(c5)C(C)(C)c5ccc(C(=C)CCC=C)cc5-6)cc4c3C2)ccc1C. The maximum Gasteiger partial charge on any atom is 0.0459 e. The van der Waals surface area contributed by atoms with Crippen LogP contribution in [-0.2, 0) is 24.7 Å². The van der Waals surface area contributed by atoms with Crippen molar-refractivity contribution in [3.05, 3.63) is 161 Å². The number of aryl methyl sites for hydroxylation is 2. The van der Waals surface area contributed by atoms with E-state index in [1.165, 1.54) is 89.8 Å². The number of aromatic nitrogens is 1. The van der Waals surface area contributed by atoms with Gasteiger partial charge in [0, 0.05) is 22.0 Å². The van der Waals surface area contributed by atoms with E-state index in [1.807, 2.05) is 18.2 Å². The average molecular weight is 624 g/mol. The maximum absolute atomic E-state index is 5.34. The van der Waals surface area contributed by atoms with E-state index >= 15 is 0 Å². The van der Waals surface area contributed by atoms with Crippen molar-refractivity contribution in [1.29, 1.82) is 0 Å². The fourth-order valence-corrected chi connectivity index (χ4v) is 8.00. The van der Waals surface area contributed by atoms with Crippen LogP contribution in [0.25, 0.3) is 38.7 Å². The van der Waals surface area contributed by atoms with Crippen molar-refractivity contribution in [1.82, 2.24) is 4.98 Å². The van der Waals surface area contributed by atoms with Crippen LogP contribution in [0.5, 0.6) is 0 Å². The molecule has 1 heteroatoms. The Morgan fingerprint density at radius 3 is 2.62 bits per heavy atom. The minimum Gasteiger partial charge on any atom is -0.358 e. The van der Waals surface area contributed by atoms with Crippen LogP contribution in [0.2, 0.25) is 0 Å². The van der Waals surface area contributed by atoms with Crippen molar-refractivity contribution < 1.29 is 0 Å². The smallest absolute Gasteiger partial charge is 0.0459 e. The average Bonchev–Trinajstić information content (AvgIpc) is 3.58. The molecule has 0 spiro atoms. The molecule has 1 aromatic heterocycles. The molecule has 238 valence electrons. The zero-order valence-corrected chi connectivity index (χ0v) is 28.6. The Morgan fingerprint density at radius 2 is 1.79 bits per heavy atom. The van der Waals surface area contributed by atoms with Gasteiger partial charge < -0.3 is 4.98 Å². The van der Waals surface area contributed by atoms with Crippen molar-refractivity contribution in [3.63, 3.8) is 0 Å². The molecule has 0 fully saturated rings. The quantitative estimate of drug-likeness (QED) is 0.0955. The fraction of sp³-hybridized carbons (Fsp3) is 0.234. The highest BCUT2D eigenvalue weighted by atomic mass is 14.7. The van der Waals surface area contributed by atoms with E-state index in [0.29, 0.717) is 5.92 Å². The van der Waals surface area contributed by atoms with E-state index in [2.05, 4.69) is 124 Å². The first kappa shape index (κ1) is 31.5. The highest BCUT2D eigenvalue weighted by Gasteiger charge is 2.36. The first-order valence-electron chi connectivity index (χ1n) is 17.4. The Morgan fingerprint density at radius 1 is 0.958 bits per heavy atom. The molecule has 4 aromatic carbocycles. The molecular weight excluding hydrogens is 579 g/mol. The first-order chi connectivity index (χ1) is 23.3. The lowest BCUT2D eigenvalue weighted by molar-refractivity contribution is 0.581. The lowest BCUT2D eigenvalue weighted by Crippen LogP contribution is -2.15. The van der Waals surface area contributed by atoms with Crippen molar-refractivity contribution >= 4 is 16.5 Å². The van der Waals surface area contributed by atoms with Gasteiger partial charge in [0.25, 0.3) is 0 Å². The van der Waals surface area contributed by atoms with Gasteiger partial charge in [-0.1, -0.05) is 99.2 Å². The summed E-state index contributed by atoms with van der Waals surface area (Å²) in [6, 6.07) is 28.1. The van der Waals surface area contributed by atoms with E-state index < -0.39 is 0 Å². The third-order valence-electron chi connectivity index (χ3n) is 10.9. The van der Waals surface area contributed by atoms with Gasteiger partial charge in [0.05, 0.1) is 0 Å². The van der Waals surface area contributed by atoms with E-state index in [9.17, 15) is 0 Å². The molecule has 0 bridgehead atoms. The van der Waals surface area contributed by atoms with Crippen LogP contribution in [0.1, 0.15) is 83.7 Å². The van der Waals surface area contributed by atoms with Gasteiger partial charge >= 0.3 is 0 Å². The van der Waals surface area contributed by atoms with Crippen LogP contribution in [0, 0.1) is 19.3 Å². The molecule has 1 unspecified atom stereocenters. The van der Waals surface area contributed by atoms with Gasteiger partial charge in [-0.3, -0.25) is 0 Å². The Kier molecular flexibility index (Phi) is 8.45. The van der Waals surface area contributed by atoms with E-state index in [0.717, 1.165) is 32.1 Å². The van der Waals surface area contributed by atoms with Crippen molar-refractivity contribution in [2.75, 3.05) is 0 Å². The summed E-state index contributed by atoms with van der Waals surface area (Å²) < 4.78 is 0. The third-order valence-corrected chi connectivity index (χ3v) is 10.9. The number of H-pyrrole nitrogens is 1. The molecule has 1 N–H and O–H groups in total. The topological polar surface area (TPSA) is 15.8 Å². The largest absolute Gasteiger partial charge is 0.358 e. The number of benzene rings is 4. The van der Waals surface area contributed by atoms with Gasteiger partial charge in [-0.15, -0.1) is 13.0 Å². The van der Waals surface area contributed by atoms with Gasteiger partial charge in [-0.05, 0) is 148 Å². The third kappa shape index (κ3) is 5.71. The Bertz CT molecular complexity index is 2170. The molecule has 48 heavy (non-hydrogen) atoms. The number of hydrogen-bond acceptors (Lipinski definition) is 0. The summed E-state index contributed by atoms with van der Waals surface area (Å²) in [5.74, 6) is 3.06. The molecule has 2 aliphatic carbocycles. The van der Waals surface area contributed by atoms with Crippen LogP contribution in [0.15, 0.2) is 116 Å². The van der Waals surface area contributed by atoms with E-state index in [1.54, 1.807) is 6.08 Å². The van der Waals surface area contributed by atoms with Crippen LogP contribution < -0.4 is 0 Å². The highest BCUT2D eigenvalue weighted by Crippen LogP contribution is 2.50. The lowest BCUT2D eigenvalue weighted by Gasteiger charge is -2.24. The number of allylic oxidation sites excluding steroid dienone is 6. The van der Waals surface area contributed by atoms with Crippen molar-refractivity contribution in [2.24, 2.45) is 0 Å². The zero-order chi connectivity index (χ0) is 33.4. The molecular formula is C47H45N. The second-order valence-corrected chi connectivity index (χ2v) is 14.2. The fourth-order valence-electron chi connectivity index (χ4n) is 8.00. The summed E-state index contributed by atoms with van der Waals surface area (Å²) >= 11 is 0. The second-order valence-electron chi connectivity index (χ2n) is 14.2. The van der Waals surface area contributed by atoms with Gasteiger partial charge in [-0.2, -0.15) is 0 Å². The summed E-state index contributed by atoms with van der Waals surface area (Å²) in [6.07, 6.45) is 21.3. The van der Waals surface area contributed by atoms with Gasteiger partial charge in [0.2, 0.25) is 0 Å². The molecule has 0 saturated carbocycles. The normalized spacial score (nSPS) is 16.2. The molecule has 0 aliphatic heterocycles. The molecule has 5 aromatic rings. The highest BCUT2D eigenvalue weighted by molar-refractivity contribution is 5.91. The summed E-state index contributed by atoms with van der Waals surface area (Å²) in [5.41, 5.74) is 18.7. The van der Waals surface area contributed by atoms with E-state index in [-0.39, 0.29) is 5.41 Å². The number of aromatic amines is 1. The second kappa shape index (κ2) is 12.9. The number of terminal acetylenes is 1. The molecule has 7 rings (SSSR count). The minimum absolute atomic E-state index is 0.0622. The summed E-state index contributed by atoms with van der Waals surface area (Å²) in [7, 11) is 0. The zero-order valence-electron chi connectivity index (χ0n) is 28.6. The Labute approximate surface area is 286 Å². The maximum atomic E-state index is 5.34. The molecule has 0 radical (unpaired) electrons. The summed E-state index contributed by atoms with van der Waals surface area (Å²) in [5, 5.41) is 1.37. The predicted molar refractivity (Wildman–Crippen MR) is 207 cm³/mol.